The van der Waals surface area contributed by atoms with Crippen LogP contribution in [0.3, 0.4) is 0 Å². The Bertz CT molecular complexity index is 2640. The molecule has 4 aliphatic heterocycles. The lowest BCUT2D eigenvalue weighted by atomic mass is 9.94. The minimum Gasteiger partial charge on any atom is -0.468 e. The van der Waals surface area contributed by atoms with E-state index in [9.17, 15) is 9.18 Å². The van der Waals surface area contributed by atoms with Gasteiger partial charge in [-0.15, -0.1) is 5.54 Å². The van der Waals surface area contributed by atoms with Crippen LogP contribution in [0.5, 0.6) is 11.8 Å². The van der Waals surface area contributed by atoms with Crippen LogP contribution in [0.1, 0.15) is 100.0 Å². The van der Waals surface area contributed by atoms with Gasteiger partial charge in [0.2, 0.25) is 0 Å². The molecule has 8 rings (SSSR count). The quantitative estimate of drug-likeness (QED) is 0.0725. The van der Waals surface area contributed by atoms with Gasteiger partial charge in [0.05, 0.1) is 41.0 Å². The third-order valence-electron chi connectivity index (χ3n) is 14.9. The molecule has 4 fully saturated rings. The lowest BCUT2D eigenvalue weighted by Gasteiger charge is -2.49. The molecule has 0 spiro atoms. The first kappa shape index (κ1) is 49.5. The third kappa shape index (κ3) is 8.92. The van der Waals surface area contributed by atoms with Crippen molar-refractivity contribution in [2.75, 3.05) is 65.3 Å². The largest absolute Gasteiger partial charge is 0.468 e. The molecule has 2 aromatic carbocycles. The minimum absolute atomic E-state index is 0.0536. The summed E-state index contributed by atoms with van der Waals surface area (Å²) in [4.78, 5) is 34.6. The molecule has 0 saturated carbocycles. The molecule has 3 atom stereocenters. The summed E-state index contributed by atoms with van der Waals surface area (Å²) in [6.07, 6.45) is 5.41. The number of carbonyl (C=O) groups excluding carboxylic acids is 1. The van der Waals surface area contributed by atoms with Gasteiger partial charge >= 0.3 is 12.1 Å². The van der Waals surface area contributed by atoms with Gasteiger partial charge in [0.25, 0.3) is 0 Å². The van der Waals surface area contributed by atoms with Crippen molar-refractivity contribution >= 4 is 41.7 Å². The fourth-order valence-corrected chi connectivity index (χ4v) is 17.3. The van der Waals surface area contributed by atoms with Gasteiger partial charge in [-0.2, -0.15) is 9.97 Å². The molecule has 4 aromatic rings. The predicted octanol–water partition coefficient (Wildman–Crippen LogP) is 10.8. The van der Waals surface area contributed by atoms with Gasteiger partial charge in [0, 0.05) is 51.0 Å². The fourth-order valence-electron chi connectivity index (χ4n) is 12.0. The Kier molecular flexibility index (Phi) is 13.9. The molecule has 2 aromatic heterocycles. The number of nitrogens with zero attached hydrogens (tertiary/aromatic N) is 6. The molecule has 68 heavy (non-hydrogen) atoms. The second-order valence-electron chi connectivity index (χ2n) is 21.3. The van der Waals surface area contributed by atoms with E-state index >= 15 is 8.78 Å². The Hall–Kier alpha value is -4.95. The van der Waals surface area contributed by atoms with Crippen molar-refractivity contribution < 1.29 is 41.7 Å². The van der Waals surface area contributed by atoms with Crippen molar-refractivity contribution in [2.24, 2.45) is 0 Å². The average Bonchev–Trinajstić information content (AvgIpc) is 3.91. The van der Waals surface area contributed by atoms with Crippen molar-refractivity contribution in [3.05, 3.63) is 59.6 Å². The van der Waals surface area contributed by atoms with Gasteiger partial charge in [0.15, 0.2) is 12.6 Å². The number of methoxy groups -OCH3 is 2. The maximum Gasteiger partial charge on any atom is 0.411 e. The standard InChI is InChI=1S/C52H67F3N6O6Si/c1-32(2)68(33(3)4,34(5)6)20-16-39-42(54)14-13-36-21-38(66-31-64-11)22-40(43(36)39)45-44(55)46-41(25-56-45)47(58-48(57-46)65-30-51-17-12-19-60(51)26-35(23-51)24-53)59-27-37-15-18-52(28-59,29-63-10)61(37)49(62)67-50(7,8)9/h13-14,21-22,24-25,32-34,37H,12,15,17-19,23,26-31H2,1-11H3/b35-24+. The number of anilines is 1. The van der Waals surface area contributed by atoms with Gasteiger partial charge in [-0.1, -0.05) is 53.5 Å². The number of pyridine rings is 1. The van der Waals surface area contributed by atoms with E-state index in [2.05, 4.69) is 57.9 Å². The van der Waals surface area contributed by atoms with Crippen LogP contribution < -0.4 is 14.4 Å². The van der Waals surface area contributed by atoms with E-state index in [0.717, 1.165) is 19.4 Å². The van der Waals surface area contributed by atoms with E-state index in [1.807, 2.05) is 30.6 Å². The maximum absolute atomic E-state index is 18.1. The second-order valence-corrected chi connectivity index (χ2v) is 26.8. The number of amides is 1. The van der Waals surface area contributed by atoms with E-state index in [1.165, 1.54) is 13.2 Å². The van der Waals surface area contributed by atoms with Crippen molar-refractivity contribution in [1.29, 1.82) is 0 Å². The first-order valence-electron chi connectivity index (χ1n) is 24.0. The zero-order valence-corrected chi connectivity index (χ0v) is 42.5. The monoisotopic (exact) mass is 956 g/mol. The first-order chi connectivity index (χ1) is 32.3. The summed E-state index contributed by atoms with van der Waals surface area (Å²) in [5.74, 6) is 2.79. The Morgan fingerprint density at radius 2 is 1.74 bits per heavy atom. The molecule has 366 valence electrons. The molecule has 0 radical (unpaired) electrons. The van der Waals surface area contributed by atoms with E-state index < -0.39 is 42.5 Å². The molecule has 12 nitrogen and oxygen atoms in total. The fraction of sp³-hybridized carbons (Fsp3) is 0.577. The highest BCUT2D eigenvalue weighted by Crippen LogP contribution is 2.46. The molecular weight excluding hydrogens is 890 g/mol. The average molecular weight is 957 g/mol. The molecular formula is C52H67F3N6O6Si. The number of benzene rings is 2. The number of carbonyl (C=O) groups is 1. The number of aromatic nitrogens is 3. The Balaban J connectivity index is 1.31. The van der Waals surface area contributed by atoms with Gasteiger partial charge < -0.3 is 28.6 Å². The van der Waals surface area contributed by atoms with Crippen molar-refractivity contribution in [1.82, 2.24) is 24.8 Å². The highest BCUT2D eigenvalue weighted by molar-refractivity contribution is 6.90. The summed E-state index contributed by atoms with van der Waals surface area (Å²) in [6.45, 7) is 21.0. The molecule has 0 aliphatic carbocycles. The zero-order valence-electron chi connectivity index (χ0n) is 41.5. The normalized spacial score (nSPS) is 22.5. The number of piperazine rings is 1. The Morgan fingerprint density at radius 3 is 2.41 bits per heavy atom. The minimum atomic E-state index is -2.35. The Morgan fingerprint density at radius 1 is 0.985 bits per heavy atom. The van der Waals surface area contributed by atoms with Crippen LogP contribution in [0.4, 0.5) is 23.8 Å². The molecule has 6 heterocycles. The predicted molar refractivity (Wildman–Crippen MR) is 261 cm³/mol. The number of hydrogen-bond donors (Lipinski definition) is 0. The van der Waals surface area contributed by atoms with E-state index in [-0.39, 0.29) is 54.4 Å². The highest BCUT2D eigenvalue weighted by Gasteiger charge is 2.55. The lowest BCUT2D eigenvalue weighted by molar-refractivity contribution is -0.0261. The van der Waals surface area contributed by atoms with E-state index in [0.29, 0.717) is 95.1 Å². The smallest absolute Gasteiger partial charge is 0.411 e. The van der Waals surface area contributed by atoms with Crippen LogP contribution in [0.15, 0.2) is 42.4 Å². The summed E-state index contributed by atoms with van der Waals surface area (Å²) < 4.78 is 78.0. The van der Waals surface area contributed by atoms with Crippen LogP contribution >= 0.6 is 0 Å². The van der Waals surface area contributed by atoms with Crippen molar-refractivity contribution in [3.63, 3.8) is 0 Å². The van der Waals surface area contributed by atoms with Crippen LogP contribution in [0, 0.1) is 23.1 Å². The van der Waals surface area contributed by atoms with Crippen LogP contribution in [-0.4, -0.2) is 122 Å². The van der Waals surface area contributed by atoms with Gasteiger partial charge in [-0.05, 0) is 105 Å². The Labute approximate surface area is 399 Å². The lowest BCUT2D eigenvalue weighted by Crippen LogP contribution is -2.66. The maximum atomic E-state index is 18.1. The summed E-state index contributed by atoms with van der Waals surface area (Å²) in [5.41, 5.74) is 3.58. The van der Waals surface area contributed by atoms with E-state index in [4.69, 9.17) is 38.6 Å². The SMILES string of the molecule is COCOc1cc(-c2ncc3c(N4CC5CCC(COC)(C4)N5C(=O)OC(C)(C)C)nc(OCC45CCCN4C/C(=C/F)C5)nc3c2F)c2c(C#C[Si](C(C)C)(C(C)C)C(C)C)c(F)ccc2c1. The second kappa shape index (κ2) is 19.1. The summed E-state index contributed by atoms with van der Waals surface area (Å²) >= 11 is 0. The van der Waals surface area contributed by atoms with Crippen LogP contribution in [0.25, 0.3) is 32.9 Å². The van der Waals surface area contributed by atoms with E-state index in [1.54, 1.807) is 31.5 Å². The third-order valence-corrected chi connectivity index (χ3v) is 21.2. The van der Waals surface area contributed by atoms with Gasteiger partial charge in [-0.25, -0.2) is 18.0 Å². The molecule has 2 bridgehead atoms. The topological polar surface area (TPSA) is 112 Å². The van der Waals surface area contributed by atoms with Crippen molar-refractivity contribution in [3.8, 4) is 34.5 Å². The summed E-state index contributed by atoms with van der Waals surface area (Å²) in [6, 6.07) is 6.12. The molecule has 3 unspecified atom stereocenters. The first-order valence-corrected chi connectivity index (χ1v) is 26.2. The van der Waals surface area contributed by atoms with Gasteiger partial charge in [0.1, 0.15) is 48.9 Å². The number of fused-ring (bicyclic) bond motifs is 5. The number of rotatable bonds is 13. The van der Waals surface area contributed by atoms with Crippen LogP contribution in [-0.2, 0) is 14.2 Å². The highest BCUT2D eigenvalue weighted by atomic mass is 28.3. The number of ether oxygens (including phenoxy) is 5. The van der Waals surface area contributed by atoms with Crippen molar-refractivity contribution in [2.45, 2.75) is 134 Å². The summed E-state index contributed by atoms with van der Waals surface area (Å²) in [5, 5.41) is 1.30. The van der Waals surface area contributed by atoms with Gasteiger partial charge in [-0.3, -0.25) is 14.8 Å². The molecule has 1 amide bonds. The molecule has 4 saturated heterocycles. The molecule has 0 N–H and O–H groups in total. The molecule has 16 heteroatoms. The van der Waals surface area contributed by atoms with Crippen LogP contribution in [0.2, 0.25) is 16.6 Å². The molecule has 4 aliphatic rings. The number of halogens is 3. The summed E-state index contributed by atoms with van der Waals surface area (Å²) in [7, 11) is 0.770. The zero-order chi connectivity index (χ0) is 48.9. The number of hydrogen-bond acceptors (Lipinski definition) is 11.